The van der Waals surface area contributed by atoms with Crippen molar-refractivity contribution in [2.45, 2.75) is 0 Å². The third-order valence-electron chi connectivity index (χ3n) is 3.93. The number of fused-ring (bicyclic) bond motifs is 2. The molecule has 0 saturated heterocycles. The van der Waals surface area contributed by atoms with Crippen LogP contribution in [-0.2, 0) is 28.7 Å². The zero-order chi connectivity index (χ0) is 20.3. The highest BCUT2D eigenvalue weighted by Crippen LogP contribution is 2.42. The van der Waals surface area contributed by atoms with Crippen LogP contribution in [0.3, 0.4) is 0 Å². The van der Waals surface area contributed by atoms with E-state index in [1.165, 1.54) is 0 Å². The Kier molecular flexibility index (Phi) is 5.21. The lowest BCUT2D eigenvalue weighted by Gasteiger charge is -2.15. The molecule has 0 spiro atoms. The number of benzene rings is 3. The first-order valence-corrected chi connectivity index (χ1v) is 8.01. The molecule has 3 aromatic rings. The van der Waals surface area contributed by atoms with Crippen molar-refractivity contribution in [3.63, 3.8) is 0 Å². The van der Waals surface area contributed by atoms with E-state index in [0.717, 1.165) is 14.2 Å². The van der Waals surface area contributed by atoms with E-state index in [2.05, 4.69) is 9.47 Å². The molecule has 3 rings (SSSR count). The van der Waals surface area contributed by atoms with Crippen molar-refractivity contribution in [3.8, 4) is 11.5 Å². The number of methoxy groups -OCH3 is 2. The summed E-state index contributed by atoms with van der Waals surface area (Å²) >= 11 is 0. The van der Waals surface area contributed by atoms with E-state index < -0.39 is 23.9 Å². The highest BCUT2D eigenvalue weighted by molar-refractivity contribution is 6.32. The van der Waals surface area contributed by atoms with Crippen LogP contribution >= 0.6 is 0 Å². The molecule has 8 heteroatoms. The topological polar surface area (TPSA) is 105 Å². The van der Waals surface area contributed by atoms with Crippen LogP contribution in [0.1, 0.15) is 0 Å². The smallest absolute Gasteiger partial charge is 0.422 e. The number of hydrogen-bond acceptors (Lipinski definition) is 8. The molecule has 142 valence electrons. The van der Waals surface area contributed by atoms with Crippen molar-refractivity contribution in [2.75, 3.05) is 14.2 Å². The van der Waals surface area contributed by atoms with E-state index in [4.69, 9.17) is 9.47 Å². The zero-order valence-electron chi connectivity index (χ0n) is 14.9. The molecular formula is C20H14O8. The van der Waals surface area contributed by atoms with Gasteiger partial charge in [-0.05, 0) is 0 Å². The molecular weight excluding hydrogens is 368 g/mol. The fourth-order valence-corrected chi connectivity index (χ4v) is 2.70. The molecule has 0 aliphatic heterocycles. The summed E-state index contributed by atoms with van der Waals surface area (Å²) in [4.78, 5) is 46.9. The van der Waals surface area contributed by atoms with Gasteiger partial charge in [-0.15, -0.1) is 0 Å². The van der Waals surface area contributed by atoms with Crippen molar-refractivity contribution in [3.05, 3.63) is 48.5 Å². The van der Waals surface area contributed by atoms with Crippen LogP contribution in [0.25, 0.3) is 21.5 Å². The summed E-state index contributed by atoms with van der Waals surface area (Å²) in [6.07, 6.45) is 0. The van der Waals surface area contributed by atoms with E-state index in [0.29, 0.717) is 21.5 Å². The Morgan fingerprint density at radius 3 is 1.07 bits per heavy atom. The number of ether oxygens (including phenoxy) is 4. The molecule has 8 nitrogen and oxygen atoms in total. The van der Waals surface area contributed by atoms with Crippen molar-refractivity contribution >= 4 is 45.4 Å². The van der Waals surface area contributed by atoms with Gasteiger partial charge >= 0.3 is 23.9 Å². The largest absolute Gasteiger partial charge is 0.461 e. The Morgan fingerprint density at radius 1 is 0.536 bits per heavy atom. The van der Waals surface area contributed by atoms with E-state index in [9.17, 15) is 19.2 Å². The van der Waals surface area contributed by atoms with Gasteiger partial charge in [0.25, 0.3) is 0 Å². The summed E-state index contributed by atoms with van der Waals surface area (Å²) in [5.74, 6) is -4.52. The first kappa shape index (κ1) is 18.8. The molecule has 0 heterocycles. The molecule has 0 amide bonds. The SMILES string of the molecule is COC(=O)C(=O)Oc1c2ccccc2c(OC(=O)C(=O)OC)c2ccccc12. The van der Waals surface area contributed by atoms with Gasteiger partial charge in [0.15, 0.2) is 0 Å². The number of esters is 4. The number of rotatable bonds is 2. The van der Waals surface area contributed by atoms with Crippen LogP contribution in [0.4, 0.5) is 0 Å². The van der Waals surface area contributed by atoms with Gasteiger partial charge in [-0.2, -0.15) is 0 Å². The third-order valence-corrected chi connectivity index (χ3v) is 3.93. The molecule has 0 aromatic heterocycles. The van der Waals surface area contributed by atoms with E-state index in [-0.39, 0.29) is 11.5 Å². The monoisotopic (exact) mass is 382 g/mol. The summed E-state index contributed by atoms with van der Waals surface area (Å²) in [7, 11) is 2.13. The Labute approximate surface area is 158 Å². The van der Waals surface area contributed by atoms with Gasteiger partial charge in [-0.3, -0.25) is 0 Å². The molecule has 0 N–H and O–H groups in total. The molecule has 0 fully saturated rings. The van der Waals surface area contributed by atoms with Gasteiger partial charge in [0.2, 0.25) is 0 Å². The third kappa shape index (κ3) is 3.35. The Balaban J connectivity index is 2.27. The molecule has 3 aromatic carbocycles. The fourth-order valence-electron chi connectivity index (χ4n) is 2.70. The maximum atomic E-state index is 12.0. The van der Waals surface area contributed by atoms with Crippen molar-refractivity contribution in [1.29, 1.82) is 0 Å². The first-order valence-electron chi connectivity index (χ1n) is 8.01. The molecule has 0 bridgehead atoms. The van der Waals surface area contributed by atoms with Gasteiger partial charge in [0.05, 0.1) is 14.2 Å². The summed E-state index contributed by atoms with van der Waals surface area (Å²) in [6.45, 7) is 0. The standard InChI is InChI=1S/C20H14O8/c1-25-17(21)19(23)27-15-11-7-3-5-9-13(11)16(28-20(24)18(22)26-2)14-10-6-4-8-12(14)15/h3-10H,1-2H3. The molecule has 0 unspecified atom stereocenters. The Hall–Kier alpha value is -3.94. The fraction of sp³-hybridized carbons (Fsp3) is 0.100. The second-order valence-electron chi connectivity index (χ2n) is 5.51. The van der Waals surface area contributed by atoms with Crippen LogP contribution in [0.2, 0.25) is 0 Å². The summed E-state index contributed by atoms with van der Waals surface area (Å²) < 4.78 is 19.3. The highest BCUT2D eigenvalue weighted by Gasteiger charge is 2.25. The van der Waals surface area contributed by atoms with Crippen LogP contribution in [0, 0.1) is 0 Å². The molecule has 28 heavy (non-hydrogen) atoms. The average molecular weight is 382 g/mol. The summed E-state index contributed by atoms with van der Waals surface area (Å²) in [5.41, 5.74) is 0. The lowest BCUT2D eigenvalue weighted by atomic mass is 10.0. The highest BCUT2D eigenvalue weighted by atomic mass is 16.6. The van der Waals surface area contributed by atoms with Crippen LogP contribution in [-0.4, -0.2) is 38.1 Å². The maximum Gasteiger partial charge on any atom is 0.422 e. The maximum absolute atomic E-state index is 12.0. The number of carbonyl (C=O) groups excluding carboxylic acids is 4. The van der Waals surface area contributed by atoms with E-state index in [1.807, 2.05) is 0 Å². The predicted octanol–water partition coefficient (Wildman–Crippen LogP) is 2.15. The van der Waals surface area contributed by atoms with Crippen LogP contribution in [0.5, 0.6) is 11.5 Å². The van der Waals surface area contributed by atoms with Gasteiger partial charge in [-0.25, -0.2) is 19.2 Å². The molecule has 0 radical (unpaired) electrons. The molecule has 0 aliphatic rings. The van der Waals surface area contributed by atoms with Crippen LogP contribution < -0.4 is 9.47 Å². The first-order chi connectivity index (χ1) is 13.5. The average Bonchev–Trinajstić information content (AvgIpc) is 2.74. The van der Waals surface area contributed by atoms with E-state index in [1.54, 1.807) is 48.5 Å². The summed E-state index contributed by atoms with van der Waals surface area (Å²) in [6, 6.07) is 13.2. The minimum Gasteiger partial charge on any atom is -0.461 e. The second kappa shape index (κ2) is 7.75. The predicted molar refractivity (Wildman–Crippen MR) is 96.8 cm³/mol. The van der Waals surface area contributed by atoms with Crippen molar-refractivity contribution < 1.29 is 38.1 Å². The van der Waals surface area contributed by atoms with Crippen molar-refractivity contribution in [2.24, 2.45) is 0 Å². The lowest BCUT2D eigenvalue weighted by molar-refractivity contribution is -0.160. The van der Waals surface area contributed by atoms with Crippen LogP contribution in [0.15, 0.2) is 48.5 Å². The quantitative estimate of drug-likeness (QED) is 0.287. The minimum absolute atomic E-state index is 0.0967. The van der Waals surface area contributed by atoms with Crippen molar-refractivity contribution in [1.82, 2.24) is 0 Å². The Bertz CT molecular complexity index is 971. The zero-order valence-corrected chi connectivity index (χ0v) is 14.9. The Morgan fingerprint density at radius 2 is 0.821 bits per heavy atom. The van der Waals surface area contributed by atoms with Gasteiger partial charge in [-0.1, -0.05) is 48.5 Å². The lowest BCUT2D eigenvalue weighted by Crippen LogP contribution is -2.22. The second-order valence-corrected chi connectivity index (χ2v) is 5.51. The number of carbonyl (C=O) groups is 4. The molecule has 0 saturated carbocycles. The van der Waals surface area contributed by atoms with Gasteiger partial charge in [0, 0.05) is 21.5 Å². The normalized spacial score (nSPS) is 10.4. The minimum atomic E-state index is -1.20. The summed E-state index contributed by atoms with van der Waals surface area (Å²) in [5, 5.41) is 1.58. The van der Waals surface area contributed by atoms with E-state index >= 15 is 0 Å². The van der Waals surface area contributed by atoms with Gasteiger partial charge in [0.1, 0.15) is 11.5 Å². The molecule has 0 atom stereocenters. The van der Waals surface area contributed by atoms with Gasteiger partial charge < -0.3 is 18.9 Å². The molecule has 0 aliphatic carbocycles. The number of hydrogen-bond donors (Lipinski definition) is 0.